The molecule has 1 aliphatic carbocycles. The highest BCUT2D eigenvalue weighted by atomic mass is 15.2. The molecule has 0 aromatic carbocycles. The molecule has 0 spiro atoms. The SMILES string of the molecule is CC1CN(C)C(C)CC1NCC1(N(C)C)CCCCC1. The fraction of sp³-hybridized carbons (Fsp3) is 1.00. The molecule has 1 N–H and O–H groups in total. The number of likely N-dealkylation sites (tertiary alicyclic amines) is 1. The van der Waals surface area contributed by atoms with Crippen LogP contribution in [0.4, 0.5) is 0 Å². The summed E-state index contributed by atoms with van der Waals surface area (Å²) < 4.78 is 0. The molecule has 3 unspecified atom stereocenters. The van der Waals surface area contributed by atoms with Gasteiger partial charge in [0.05, 0.1) is 0 Å². The van der Waals surface area contributed by atoms with Gasteiger partial charge in [0.15, 0.2) is 0 Å². The van der Waals surface area contributed by atoms with Crippen molar-refractivity contribution in [3.05, 3.63) is 0 Å². The summed E-state index contributed by atoms with van der Waals surface area (Å²) in [5.41, 5.74) is 0.407. The lowest BCUT2D eigenvalue weighted by molar-refractivity contribution is 0.0739. The minimum atomic E-state index is 0.407. The van der Waals surface area contributed by atoms with Crippen LogP contribution in [0.2, 0.25) is 0 Å². The molecule has 3 atom stereocenters. The van der Waals surface area contributed by atoms with E-state index in [0.717, 1.165) is 5.92 Å². The van der Waals surface area contributed by atoms with E-state index in [2.05, 4.69) is 50.1 Å². The third-order valence-electron chi connectivity index (χ3n) is 6.04. The van der Waals surface area contributed by atoms with Gasteiger partial charge in [-0.1, -0.05) is 26.2 Å². The maximum Gasteiger partial charge on any atom is 0.0327 e. The Morgan fingerprint density at radius 2 is 1.80 bits per heavy atom. The Bertz CT molecular complexity index is 297. The monoisotopic (exact) mass is 281 g/mol. The van der Waals surface area contributed by atoms with Crippen LogP contribution >= 0.6 is 0 Å². The first-order valence-corrected chi connectivity index (χ1v) is 8.56. The summed E-state index contributed by atoms with van der Waals surface area (Å²) in [7, 11) is 6.81. The standard InChI is InChI=1S/C17H35N3/c1-14-12-20(5)15(2)11-16(14)18-13-17(19(3)4)9-7-6-8-10-17/h14-16,18H,6-13H2,1-5H3. The lowest BCUT2D eigenvalue weighted by Crippen LogP contribution is -2.58. The fourth-order valence-corrected chi connectivity index (χ4v) is 4.14. The first-order chi connectivity index (χ1) is 9.44. The van der Waals surface area contributed by atoms with Crippen molar-refractivity contribution >= 4 is 0 Å². The highest BCUT2D eigenvalue weighted by Crippen LogP contribution is 2.32. The molecule has 20 heavy (non-hydrogen) atoms. The van der Waals surface area contributed by atoms with Gasteiger partial charge < -0.3 is 15.1 Å². The Balaban J connectivity index is 1.92. The third-order valence-corrected chi connectivity index (χ3v) is 6.04. The lowest BCUT2D eigenvalue weighted by atomic mass is 9.80. The van der Waals surface area contributed by atoms with Crippen molar-refractivity contribution in [2.45, 2.75) is 70.0 Å². The Kier molecular flexibility index (Phi) is 5.49. The van der Waals surface area contributed by atoms with Crippen LogP contribution in [0.1, 0.15) is 52.4 Å². The summed E-state index contributed by atoms with van der Waals surface area (Å²) in [6.45, 7) is 7.17. The minimum absolute atomic E-state index is 0.407. The summed E-state index contributed by atoms with van der Waals surface area (Å²) in [5.74, 6) is 0.763. The van der Waals surface area contributed by atoms with Crippen molar-refractivity contribution in [2.75, 3.05) is 34.2 Å². The molecule has 1 heterocycles. The van der Waals surface area contributed by atoms with Crippen LogP contribution in [0.25, 0.3) is 0 Å². The maximum atomic E-state index is 3.95. The predicted octanol–water partition coefficient (Wildman–Crippen LogP) is 2.57. The predicted molar refractivity (Wildman–Crippen MR) is 87.2 cm³/mol. The van der Waals surface area contributed by atoms with E-state index in [1.165, 1.54) is 51.6 Å². The van der Waals surface area contributed by atoms with Crippen LogP contribution in [-0.2, 0) is 0 Å². The van der Waals surface area contributed by atoms with Gasteiger partial charge in [-0.15, -0.1) is 0 Å². The second-order valence-corrected chi connectivity index (χ2v) is 7.67. The molecule has 1 aliphatic heterocycles. The van der Waals surface area contributed by atoms with E-state index in [9.17, 15) is 0 Å². The summed E-state index contributed by atoms with van der Waals surface area (Å²) in [6.07, 6.45) is 8.25. The third kappa shape index (κ3) is 3.55. The fourth-order valence-electron chi connectivity index (χ4n) is 4.14. The highest BCUT2D eigenvalue weighted by Gasteiger charge is 2.36. The van der Waals surface area contributed by atoms with E-state index in [1.54, 1.807) is 0 Å². The van der Waals surface area contributed by atoms with E-state index in [1.807, 2.05) is 0 Å². The second-order valence-electron chi connectivity index (χ2n) is 7.67. The van der Waals surface area contributed by atoms with Crippen LogP contribution in [0.3, 0.4) is 0 Å². The lowest BCUT2D eigenvalue weighted by Gasteiger charge is -2.46. The second kappa shape index (κ2) is 6.76. The average Bonchev–Trinajstić information content (AvgIpc) is 2.42. The molecule has 3 nitrogen and oxygen atoms in total. The van der Waals surface area contributed by atoms with Crippen molar-refractivity contribution in [1.29, 1.82) is 0 Å². The molecular weight excluding hydrogens is 246 g/mol. The molecule has 0 amide bonds. The first kappa shape index (κ1) is 16.3. The molecule has 0 aromatic heterocycles. The van der Waals surface area contributed by atoms with Crippen LogP contribution in [-0.4, -0.2) is 61.7 Å². The van der Waals surface area contributed by atoms with Gasteiger partial charge in [0.1, 0.15) is 0 Å². The van der Waals surface area contributed by atoms with Crippen LogP contribution in [0.15, 0.2) is 0 Å². The summed E-state index contributed by atoms with van der Waals surface area (Å²) in [4.78, 5) is 4.99. The van der Waals surface area contributed by atoms with Crippen molar-refractivity contribution in [1.82, 2.24) is 15.1 Å². The highest BCUT2D eigenvalue weighted by molar-refractivity contribution is 4.95. The molecule has 118 valence electrons. The molecule has 0 aromatic rings. The number of likely N-dealkylation sites (N-methyl/N-ethyl adjacent to an activating group) is 1. The molecule has 2 rings (SSSR count). The van der Waals surface area contributed by atoms with E-state index in [4.69, 9.17) is 0 Å². The van der Waals surface area contributed by atoms with E-state index in [-0.39, 0.29) is 0 Å². The number of nitrogens with zero attached hydrogens (tertiary/aromatic N) is 2. The number of hydrogen-bond acceptors (Lipinski definition) is 3. The zero-order valence-electron chi connectivity index (χ0n) is 14.3. The molecule has 2 aliphatic rings. The normalized spacial score (nSPS) is 35.4. The van der Waals surface area contributed by atoms with Gasteiger partial charge in [0, 0.05) is 30.7 Å². The number of rotatable bonds is 4. The van der Waals surface area contributed by atoms with Crippen LogP contribution in [0.5, 0.6) is 0 Å². The Labute approximate surface area is 126 Å². The molecule has 2 fully saturated rings. The van der Waals surface area contributed by atoms with Gasteiger partial charge in [-0.2, -0.15) is 0 Å². The smallest absolute Gasteiger partial charge is 0.0327 e. The zero-order valence-corrected chi connectivity index (χ0v) is 14.3. The molecular formula is C17H35N3. The number of piperidine rings is 1. The van der Waals surface area contributed by atoms with E-state index in [0.29, 0.717) is 17.6 Å². The van der Waals surface area contributed by atoms with Gasteiger partial charge in [0.2, 0.25) is 0 Å². The molecule has 0 radical (unpaired) electrons. The van der Waals surface area contributed by atoms with Gasteiger partial charge in [-0.25, -0.2) is 0 Å². The maximum absolute atomic E-state index is 3.95. The topological polar surface area (TPSA) is 18.5 Å². The zero-order chi connectivity index (χ0) is 14.8. The quantitative estimate of drug-likeness (QED) is 0.854. The summed E-state index contributed by atoms with van der Waals surface area (Å²) in [6, 6.07) is 1.41. The van der Waals surface area contributed by atoms with Gasteiger partial charge in [-0.05, 0) is 53.2 Å². The Morgan fingerprint density at radius 3 is 2.40 bits per heavy atom. The van der Waals surface area contributed by atoms with Crippen LogP contribution < -0.4 is 5.32 Å². The van der Waals surface area contributed by atoms with E-state index >= 15 is 0 Å². The molecule has 1 saturated heterocycles. The average molecular weight is 281 g/mol. The Hall–Kier alpha value is -0.120. The van der Waals surface area contributed by atoms with E-state index < -0.39 is 0 Å². The minimum Gasteiger partial charge on any atom is -0.312 e. The summed E-state index contributed by atoms with van der Waals surface area (Å²) >= 11 is 0. The van der Waals surface area contributed by atoms with Gasteiger partial charge in [-0.3, -0.25) is 0 Å². The van der Waals surface area contributed by atoms with Gasteiger partial charge >= 0.3 is 0 Å². The molecule has 1 saturated carbocycles. The van der Waals surface area contributed by atoms with Crippen molar-refractivity contribution in [2.24, 2.45) is 5.92 Å². The Morgan fingerprint density at radius 1 is 1.15 bits per heavy atom. The molecule has 0 bridgehead atoms. The van der Waals surface area contributed by atoms with Gasteiger partial charge in [0.25, 0.3) is 0 Å². The number of nitrogens with one attached hydrogen (secondary N) is 1. The largest absolute Gasteiger partial charge is 0.312 e. The molecule has 3 heteroatoms. The first-order valence-electron chi connectivity index (χ1n) is 8.56. The van der Waals surface area contributed by atoms with Crippen molar-refractivity contribution < 1.29 is 0 Å². The van der Waals surface area contributed by atoms with Crippen molar-refractivity contribution in [3.63, 3.8) is 0 Å². The number of hydrogen-bond donors (Lipinski definition) is 1. The van der Waals surface area contributed by atoms with Crippen LogP contribution in [0, 0.1) is 5.92 Å². The van der Waals surface area contributed by atoms with Crippen molar-refractivity contribution in [3.8, 4) is 0 Å². The summed E-state index contributed by atoms with van der Waals surface area (Å²) in [5, 5.41) is 3.95.